The molecule has 0 atom stereocenters. The molecule has 4 nitrogen and oxygen atoms in total. The van der Waals surface area contributed by atoms with Crippen molar-refractivity contribution in [2.24, 2.45) is 0 Å². The third-order valence-electron chi connectivity index (χ3n) is 26.7. The molecule has 0 fully saturated rings. The van der Waals surface area contributed by atoms with Crippen molar-refractivity contribution in [3.05, 3.63) is 531 Å². The zero-order valence-corrected chi connectivity index (χ0v) is 76.2. The number of benzene rings is 24. The lowest BCUT2D eigenvalue weighted by atomic mass is 9.91. The first-order valence-corrected chi connectivity index (χ1v) is 46.6. The van der Waals surface area contributed by atoms with Crippen LogP contribution in [-0.4, -0.2) is 0 Å². The summed E-state index contributed by atoms with van der Waals surface area (Å²) in [5.41, 5.74) is 16.5. The molecule has 24 aromatic carbocycles. The zero-order chi connectivity index (χ0) is 98.1. The molecular formula is C128H76F12N4. The lowest BCUT2D eigenvalue weighted by Gasteiger charge is -2.30. The quantitative estimate of drug-likeness (QED) is 0.0557. The van der Waals surface area contributed by atoms with Gasteiger partial charge in [0.15, 0.2) is 23.3 Å². The largest absolute Gasteiger partial charge is 0.307 e. The van der Waals surface area contributed by atoms with Crippen molar-refractivity contribution in [1.82, 2.24) is 0 Å². The van der Waals surface area contributed by atoms with Gasteiger partial charge in [-0.1, -0.05) is 255 Å². The molecule has 24 aromatic rings. The molecule has 0 unspecified atom stereocenters. The third kappa shape index (κ3) is 16.9. The van der Waals surface area contributed by atoms with Crippen LogP contribution in [0.3, 0.4) is 0 Å². The third-order valence-corrected chi connectivity index (χ3v) is 26.7. The Morgan fingerprint density at radius 3 is 0.569 bits per heavy atom. The Morgan fingerprint density at radius 2 is 0.333 bits per heavy atom. The minimum absolute atomic E-state index is 0.0380. The fourth-order valence-electron chi connectivity index (χ4n) is 20.0. The van der Waals surface area contributed by atoms with E-state index in [1.165, 1.54) is 84.9 Å². The predicted molar refractivity (Wildman–Crippen MR) is 562 cm³/mol. The molecule has 0 N–H and O–H groups in total. The molecule has 0 aliphatic rings. The van der Waals surface area contributed by atoms with Crippen LogP contribution < -0.4 is 19.6 Å². The smallest absolute Gasteiger partial charge is 0.182 e. The van der Waals surface area contributed by atoms with Gasteiger partial charge in [0.2, 0.25) is 0 Å². The molecule has 0 aliphatic carbocycles. The topological polar surface area (TPSA) is 13.0 Å². The maximum absolute atomic E-state index is 16.6. The van der Waals surface area contributed by atoms with Crippen molar-refractivity contribution in [2.75, 3.05) is 19.6 Å². The van der Waals surface area contributed by atoms with Gasteiger partial charge in [0.05, 0.1) is 45.5 Å². The molecule has 0 heterocycles. The maximum Gasteiger partial charge on any atom is 0.182 e. The first-order chi connectivity index (χ1) is 70.3. The van der Waals surface area contributed by atoms with E-state index < -0.39 is 69.8 Å². The summed E-state index contributed by atoms with van der Waals surface area (Å²) in [6.07, 6.45) is 0. The van der Waals surface area contributed by atoms with Gasteiger partial charge in [-0.05, 0) is 326 Å². The van der Waals surface area contributed by atoms with Gasteiger partial charge in [-0.2, -0.15) is 0 Å². The number of hydrogen-bond donors (Lipinski definition) is 0. The van der Waals surface area contributed by atoms with E-state index in [-0.39, 0.29) is 22.7 Å². The normalized spacial score (nSPS) is 11.5. The Bertz CT molecular complexity index is 8080. The van der Waals surface area contributed by atoms with Crippen LogP contribution in [0.15, 0.2) is 461 Å². The molecule has 0 bridgehead atoms. The van der Waals surface area contributed by atoms with E-state index in [2.05, 4.69) is 0 Å². The second-order valence-corrected chi connectivity index (χ2v) is 35.4. The van der Waals surface area contributed by atoms with E-state index in [0.29, 0.717) is 67.0 Å². The van der Waals surface area contributed by atoms with Crippen molar-refractivity contribution >= 4 is 133 Å². The van der Waals surface area contributed by atoms with Crippen LogP contribution >= 0.6 is 0 Å². The highest BCUT2D eigenvalue weighted by atomic mass is 19.2. The first-order valence-electron chi connectivity index (χ1n) is 46.6. The van der Waals surface area contributed by atoms with Gasteiger partial charge < -0.3 is 19.6 Å². The van der Waals surface area contributed by atoms with Gasteiger partial charge in [-0.25, -0.2) is 52.7 Å². The van der Waals surface area contributed by atoms with E-state index in [1.807, 2.05) is 291 Å². The zero-order valence-electron chi connectivity index (χ0n) is 76.2. The summed E-state index contributed by atoms with van der Waals surface area (Å²) in [4.78, 5) is 6.85. The van der Waals surface area contributed by atoms with E-state index in [1.54, 1.807) is 68.1 Å². The van der Waals surface area contributed by atoms with E-state index in [9.17, 15) is 17.6 Å². The van der Waals surface area contributed by atoms with Crippen LogP contribution in [0.25, 0.3) is 154 Å². The fraction of sp³-hybridized carbons (Fsp3) is 0. The number of rotatable bonds is 20. The van der Waals surface area contributed by atoms with Crippen LogP contribution in [0.2, 0.25) is 0 Å². The average molecular weight is 1900 g/mol. The number of halogens is 12. The van der Waals surface area contributed by atoms with Gasteiger partial charge in [-0.15, -0.1) is 0 Å². The van der Waals surface area contributed by atoms with Crippen molar-refractivity contribution < 1.29 is 52.7 Å². The maximum atomic E-state index is 16.6. The SMILES string of the molecule is Fc1ccc(-c2cc(-c3ccccc3)cc(N(c3cc(F)ccc3F)c3ccc4ccc5c(N(c6cc(-c7ccccc7)cc(-c7ccc(F)cc7)c6)c6cc(F)ccc6F)ccc6ccc3c4c65)c2)cc1.Fc1ccc(-c2cc(-c3ccccc3)cc(N(c3cccc(F)c3F)c3ccc4ccc5c(N(c6cc(-c7ccccc7)cc(-c7ccc(F)cc7)c6)c6cccc(F)c6F)ccc6ccc3c4c65)c2)cc1. The van der Waals surface area contributed by atoms with Crippen molar-refractivity contribution in [3.8, 4) is 89.0 Å². The fourth-order valence-corrected chi connectivity index (χ4v) is 20.0. The van der Waals surface area contributed by atoms with Crippen LogP contribution in [0.1, 0.15) is 0 Å². The van der Waals surface area contributed by atoms with Gasteiger partial charge in [0.25, 0.3) is 0 Å². The van der Waals surface area contributed by atoms with Crippen LogP contribution in [0, 0.1) is 69.8 Å². The number of hydrogen-bond acceptors (Lipinski definition) is 4. The number of anilines is 12. The summed E-state index contributed by atoms with van der Waals surface area (Å²) in [5, 5.41) is 9.40. The molecule has 144 heavy (non-hydrogen) atoms. The highest BCUT2D eigenvalue weighted by Crippen LogP contribution is 2.55. The molecule has 0 saturated heterocycles. The molecule has 0 spiro atoms. The summed E-state index contributed by atoms with van der Waals surface area (Å²) in [5.74, 6) is -8.32. The Kier molecular flexibility index (Phi) is 23.3. The average Bonchev–Trinajstić information content (AvgIpc) is 0.718. The Morgan fingerprint density at radius 1 is 0.125 bits per heavy atom. The highest BCUT2D eigenvalue weighted by Gasteiger charge is 2.32. The highest BCUT2D eigenvalue weighted by molar-refractivity contribution is 6.30. The number of nitrogens with zero attached hydrogens (tertiary/aromatic N) is 4. The molecule has 0 radical (unpaired) electrons. The van der Waals surface area contributed by atoms with Crippen molar-refractivity contribution in [2.45, 2.75) is 0 Å². The molecular weight excluding hydrogens is 1820 g/mol. The predicted octanol–water partition coefficient (Wildman–Crippen LogP) is 38.1. The van der Waals surface area contributed by atoms with E-state index in [4.69, 9.17) is 0 Å². The molecule has 692 valence electrons. The first kappa shape index (κ1) is 89.6. The Balaban J connectivity index is 0.000000159. The molecule has 24 rings (SSSR count). The summed E-state index contributed by atoms with van der Waals surface area (Å²) in [6, 6.07) is 133. The minimum Gasteiger partial charge on any atom is -0.307 e. The summed E-state index contributed by atoms with van der Waals surface area (Å²) < 4.78 is 186. The van der Waals surface area contributed by atoms with E-state index in [0.717, 1.165) is 169 Å². The van der Waals surface area contributed by atoms with Crippen LogP contribution in [-0.2, 0) is 0 Å². The van der Waals surface area contributed by atoms with Crippen molar-refractivity contribution in [3.63, 3.8) is 0 Å². The van der Waals surface area contributed by atoms with Gasteiger partial charge in [0, 0.05) is 56.4 Å². The Hall–Kier alpha value is -18.3. The van der Waals surface area contributed by atoms with Gasteiger partial charge >= 0.3 is 0 Å². The second-order valence-electron chi connectivity index (χ2n) is 35.4. The summed E-state index contributed by atoms with van der Waals surface area (Å²) in [7, 11) is 0. The lowest BCUT2D eigenvalue weighted by molar-refractivity contribution is 0.510. The molecule has 0 saturated carbocycles. The van der Waals surface area contributed by atoms with Gasteiger partial charge in [0.1, 0.15) is 46.5 Å². The standard InChI is InChI=1S/2C64H38F6N2/c65-49-25-17-41(18-26-49)47-33-45(39-9-3-1-4-10-39)35-51(37-47)71(59-15-7-13-55(67)63(59)69)57-31-23-43-22-30-54-58(32-24-44-21-29-53(57)61(43)62(44)54)72(60-16-8-14-56(68)64(60)70)52-36-46(40-11-5-2-6-12-40)34-48(38-52)42-19-27-50(66)28-20-42;65-49-19-11-41(12-20-49)47-31-45(39-7-3-1-4-8-39)33-53(35-47)71(61-37-51(67)23-27-57(61)69)59-29-17-43-16-26-56-60(30-18-44-15-25-55(59)63(43)64(44)56)72(62-38-52(68)24-28-58(62)70)54-34-46(40-9-5-2-6-10-40)32-48(36-54)42-13-21-50(66)22-14-42/h2*1-38H. The second kappa shape index (κ2) is 37.5. The lowest BCUT2D eigenvalue weighted by Crippen LogP contribution is -2.14. The van der Waals surface area contributed by atoms with Crippen LogP contribution in [0.5, 0.6) is 0 Å². The summed E-state index contributed by atoms with van der Waals surface area (Å²) >= 11 is 0. The minimum atomic E-state index is -1.05. The summed E-state index contributed by atoms with van der Waals surface area (Å²) in [6.45, 7) is 0. The monoisotopic (exact) mass is 1900 g/mol. The molecule has 0 aromatic heterocycles. The van der Waals surface area contributed by atoms with Gasteiger partial charge in [-0.3, -0.25) is 0 Å². The Labute approximate surface area is 819 Å². The van der Waals surface area contributed by atoms with Crippen molar-refractivity contribution in [1.29, 1.82) is 0 Å². The molecule has 0 amide bonds. The molecule has 0 aliphatic heterocycles. The molecule has 16 heteroatoms. The van der Waals surface area contributed by atoms with Crippen LogP contribution in [0.4, 0.5) is 121 Å². The van der Waals surface area contributed by atoms with E-state index >= 15 is 35.1 Å².